The van der Waals surface area contributed by atoms with Crippen LogP contribution in [0, 0.1) is 12.3 Å². The molecule has 19 heavy (non-hydrogen) atoms. The van der Waals surface area contributed by atoms with Crippen LogP contribution < -0.4 is 10.0 Å². The van der Waals surface area contributed by atoms with E-state index in [1.807, 2.05) is 6.92 Å². The number of hydrogen-bond acceptors (Lipinski definition) is 4. The van der Waals surface area contributed by atoms with Crippen LogP contribution in [-0.2, 0) is 14.8 Å². The molecule has 0 fully saturated rings. The quantitative estimate of drug-likeness (QED) is 0.832. The van der Waals surface area contributed by atoms with Crippen molar-refractivity contribution in [3.8, 4) is 0 Å². The first kappa shape index (κ1) is 16.6. The van der Waals surface area contributed by atoms with E-state index in [0.29, 0.717) is 0 Å². The lowest BCUT2D eigenvalue weighted by atomic mass is 9.93. The largest absolute Gasteiger partial charge is 0.359 e. The first-order chi connectivity index (χ1) is 8.60. The van der Waals surface area contributed by atoms with Crippen LogP contribution in [0.2, 0.25) is 0 Å². The molecule has 0 unspecified atom stereocenters. The lowest BCUT2D eigenvalue weighted by molar-refractivity contribution is -0.128. The SMILES string of the molecule is CNC(=O)C(C)(C)CNS(=O)(=O)c1cc(C)c(Br)s1. The Morgan fingerprint density at radius 2 is 2.05 bits per heavy atom. The fourth-order valence-corrected chi connectivity index (χ4v) is 4.81. The lowest BCUT2D eigenvalue weighted by Gasteiger charge is -2.22. The van der Waals surface area contributed by atoms with Gasteiger partial charge in [0.05, 0.1) is 9.20 Å². The molecule has 1 rings (SSSR count). The summed E-state index contributed by atoms with van der Waals surface area (Å²) in [5.74, 6) is -0.209. The molecule has 108 valence electrons. The van der Waals surface area contributed by atoms with Gasteiger partial charge in [0, 0.05) is 13.6 Å². The van der Waals surface area contributed by atoms with Crippen LogP contribution >= 0.6 is 27.3 Å². The maximum absolute atomic E-state index is 12.1. The molecule has 2 N–H and O–H groups in total. The summed E-state index contributed by atoms with van der Waals surface area (Å²) in [5.41, 5.74) is 0.0710. The molecule has 0 saturated carbocycles. The fraction of sp³-hybridized carbons (Fsp3) is 0.545. The summed E-state index contributed by atoms with van der Waals surface area (Å²) in [4.78, 5) is 11.6. The molecule has 0 spiro atoms. The number of rotatable bonds is 5. The fourth-order valence-electron chi connectivity index (χ4n) is 1.33. The van der Waals surface area contributed by atoms with Gasteiger partial charge in [-0.3, -0.25) is 4.79 Å². The third-order valence-corrected chi connectivity index (χ3v) is 6.66. The van der Waals surface area contributed by atoms with E-state index in [0.717, 1.165) is 20.7 Å². The van der Waals surface area contributed by atoms with Gasteiger partial charge in [-0.15, -0.1) is 11.3 Å². The van der Waals surface area contributed by atoms with Gasteiger partial charge in [0.15, 0.2) is 0 Å². The van der Waals surface area contributed by atoms with E-state index in [9.17, 15) is 13.2 Å². The monoisotopic (exact) mass is 368 g/mol. The predicted octanol–water partition coefficient (Wildman–Crippen LogP) is 1.87. The smallest absolute Gasteiger partial charge is 0.250 e. The Labute approximate surface area is 126 Å². The predicted molar refractivity (Wildman–Crippen MR) is 79.8 cm³/mol. The van der Waals surface area contributed by atoms with Crippen molar-refractivity contribution in [2.24, 2.45) is 5.41 Å². The molecular weight excluding hydrogens is 352 g/mol. The number of sulfonamides is 1. The zero-order valence-corrected chi connectivity index (χ0v) is 14.4. The van der Waals surface area contributed by atoms with Crippen LogP contribution in [-0.4, -0.2) is 27.9 Å². The highest BCUT2D eigenvalue weighted by molar-refractivity contribution is 9.11. The molecule has 0 aliphatic heterocycles. The molecule has 0 aromatic carbocycles. The molecule has 1 aromatic rings. The van der Waals surface area contributed by atoms with Crippen molar-refractivity contribution >= 4 is 43.2 Å². The van der Waals surface area contributed by atoms with E-state index in [-0.39, 0.29) is 16.7 Å². The Morgan fingerprint density at radius 3 is 2.47 bits per heavy atom. The van der Waals surface area contributed by atoms with Crippen molar-refractivity contribution in [2.45, 2.75) is 25.0 Å². The van der Waals surface area contributed by atoms with Gasteiger partial charge in [-0.05, 0) is 48.3 Å². The minimum absolute atomic E-state index is 0.0452. The molecule has 1 amide bonds. The minimum atomic E-state index is -3.58. The zero-order valence-electron chi connectivity index (χ0n) is 11.2. The van der Waals surface area contributed by atoms with Crippen molar-refractivity contribution in [2.75, 3.05) is 13.6 Å². The second kappa shape index (κ2) is 5.90. The van der Waals surface area contributed by atoms with Crippen molar-refractivity contribution < 1.29 is 13.2 Å². The van der Waals surface area contributed by atoms with Crippen LogP contribution in [0.15, 0.2) is 14.1 Å². The summed E-state index contributed by atoms with van der Waals surface area (Å²) in [6.45, 7) is 5.24. The van der Waals surface area contributed by atoms with Gasteiger partial charge >= 0.3 is 0 Å². The summed E-state index contributed by atoms with van der Waals surface area (Å²) in [6.07, 6.45) is 0. The molecule has 0 aliphatic carbocycles. The van der Waals surface area contributed by atoms with Gasteiger partial charge in [-0.1, -0.05) is 0 Å². The van der Waals surface area contributed by atoms with E-state index in [4.69, 9.17) is 0 Å². The highest BCUT2D eigenvalue weighted by Gasteiger charge is 2.29. The Bertz CT molecular complexity index is 559. The Hall–Kier alpha value is -0.440. The van der Waals surface area contributed by atoms with Gasteiger partial charge in [-0.2, -0.15) is 0 Å². The third kappa shape index (κ3) is 4.01. The maximum Gasteiger partial charge on any atom is 0.250 e. The van der Waals surface area contributed by atoms with E-state index < -0.39 is 15.4 Å². The van der Waals surface area contributed by atoms with Crippen LogP contribution in [0.4, 0.5) is 0 Å². The topological polar surface area (TPSA) is 75.3 Å². The number of thiophene rings is 1. The van der Waals surface area contributed by atoms with Gasteiger partial charge < -0.3 is 5.32 Å². The molecule has 0 atom stereocenters. The van der Waals surface area contributed by atoms with Crippen molar-refractivity contribution in [3.63, 3.8) is 0 Å². The summed E-state index contributed by atoms with van der Waals surface area (Å²) >= 11 is 4.45. The number of carbonyl (C=O) groups excluding carboxylic acids is 1. The van der Waals surface area contributed by atoms with Crippen molar-refractivity contribution in [3.05, 3.63) is 15.4 Å². The maximum atomic E-state index is 12.1. The number of carbonyl (C=O) groups is 1. The average molecular weight is 369 g/mol. The summed E-state index contributed by atoms with van der Waals surface area (Å²) < 4.78 is 27.7. The standard InChI is InChI=1S/C11H17BrN2O3S2/c1-7-5-8(18-9(7)12)19(16,17)14-6-11(2,3)10(15)13-4/h5,14H,6H2,1-4H3,(H,13,15). The molecular formula is C11H17BrN2O3S2. The second-order valence-electron chi connectivity index (χ2n) is 4.81. The number of halogens is 1. The normalized spacial score (nSPS) is 12.5. The summed E-state index contributed by atoms with van der Waals surface area (Å²) in [7, 11) is -2.05. The average Bonchev–Trinajstić information content (AvgIpc) is 2.67. The highest BCUT2D eigenvalue weighted by Crippen LogP contribution is 2.30. The molecule has 8 heteroatoms. The van der Waals surface area contributed by atoms with E-state index in [2.05, 4.69) is 26.0 Å². The van der Waals surface area contributed by atoms with E-state index in [1.165, 1.54) is 7.05 Å². The molecule has 0 aliphatic rings. The van der Waals surface area contributed by atoms with Crippen LogP contribution in [0.1, 0.15) is 19.4 Å². The first-order valence-corrected chi connectivity index (χ1v) is 8.67. The second-order valence-corrected chi connectivity index (χ2v) is 9.17. The van der Waals surface area contributed by atoms with Crippen LogP contribution in [0.25, 0.3) is 0 Å². The lowest BCUT2D eigenvalue weighted by Crippen LogP contribution is -2.43. The molecule has 1 heterocycles. The minimum Gasteiger partial charge on any atom is -0.359 e. The van der Waals surface area contributed by atoms with Gasteiger partial charge in [0.1, 0.15) is 4.21 Å². The first-order valence-electron chi connectivity index (χ1n) is 5.58. The highest BCUT2D eigenvalue weighted by atomic mass is 79.9. The van der Waals surface area contributed by atoms with Crippen molar-refractivity contribution in [1.29, 1.82) is 0 Å². The van der Waals surface area contributed by atoms with Crippen molar-refractivity contribution in [1.82, 2.24) is 10.0 Å². The summed E-state index contributed by atoms with van der Waals surface area (Å²) in [6, 6.07) is 1.60. The Balaban J connectivity index is 2.85. The number of nitrogens with one attached hydrogen (secondary N) is 2. The zero-order chi connectivity index (χ0) is 14.8. The molecule has 0 saturated heterocycles. The van der Waals surface area contributed by atoms with Gasteiger partial charge in [0.2, 0.25) is 15.9 Å². The Morgan fingerprint density at radius 1 is 1.47 bits per heavy atom. The van der Waals surface area contributed by atoms with Gasteiger partial charge in [0.25, 0.3) is 0 Å². The number of amides is 1. The summed E-state index contributed by atoms with van der Waals surface area (Å²) in [5, 5.41) is 2.52. The van der Waals surface area contributed by atoms with Crippen LogP contribution in [0.3, 0.4) is 0 Å². The molecule has 5 nitrogen and oxygen atoms in total. The molecule has 0 radical (unpaired) electrons. The molecule has 1 aromatic heterocycles. The van der Waals surface area contributed by atoms with Crippen LogP contribution in [0.5, 0.6) is 0 Å². The van der Waals surface area contributed by atoms with Gasteiger partial charge in [-0.25, -0.2) is 13.1 Å². The molecule has 0 bridgehead atoms. The third-order valence-electron chi connectivity index (χ3n) is 2.65. The number of hydrogen-bond donors (Lipinski definition) is 2. The van der Waals surface area contributed by atoms with E-state index >= 15 is 0 Å². The number of aryl methyl sites for hydroxylation is 1. The Kier molecular flexibility index (Phi) is 5.16. The van der Waals surface area contributed by atoms with E-state index in [1.54, 1.807) is 19.9 Å².